The molecule has 94 valence electrons. The standard InChI is InChI=1S/C13H26N2O/c1-6-7-12(16)15-9-13(4,5)14-8-11(15)10(2)3/h10-11,14H,6-9H2,1-5H3. The molecule has 0 saturated carbocycles. The van der Waals surface area contributed by atoms with Crippen LogP contribution < -0.4 is 5.32 Å². The number of carbonyl (C=O) groups excluding carboxylic acids is 1. The molecule has 1 atom stereocenters. The minimum Gasteiger partial charge on any atom is -0.336 e. The summed E-state index contributed by atoms with van der Waals surface area (Å²) in [6.07, 6.45) is 1.62. The Hall–Kier alpha value is -0.570. The van der Waals surface area contributed by atoms with Gasteiger partial charge in [-0.2, -0.15) is 0 Å². The first-order chi connectivity index (χ1) is 7.37. The zero-order chi connectivity index (χ0) is 12.3. The maximum absolute atomic E-state index is 12.1. The molecule has 3 nitrogen and oxygen atoms in total. The number of nitrogens with zero attached hydrogens (tertiary/aromatic N) is 1. The molecule has 0 bridgehead atoms. The van der Waals surface area contributed by atoms with Crippen molar-refractivity contribution in [3.05, 3.63) is 0 Å². The van der Waals surface area contributed by atoms with E-state index < -0.39 is 0 Å². The van der Waals surface area contributed by atoms with E-state index >= 15 is 0 Å². The van der Waals surface area contributed by atoms with Gasteiger partial charge in [-0.3, -0.25) is 4.79 Å². The smallest absolute Gasteiger partial charge is 0.222 e. The molecule has 1 fully saturated rings. The molecule has 1 aliphatic rings. The molecule has 0 aromatic carbocycles. The summed E-state index contributed by atoms with van der Waals surface area (Å²) < 4.78 is 0. The van der Waals surface area contributed by atoms with Gasteiger partial charge < -0.3 is 10.2 Å². The zero-order valence-corrected chi connectivity index (χ0v) is 11.3. The predicted molar refractivity (Wildman–Crippen MR) is 67.3 cm³/mol. The Morgan fingerprint density at radius 3 is 2.62 bits per heavy atom. The molecule has 1 unspecified atom stereocenters. The van der Waals surface area contributed by atoms with Gasteiger partial charge in [0.15, 0.2) is 0 Å². The summed E-state index contributed by atoms with van der Waals surface area (Å²) in [7, 11) is 0. The van der Waals surface area contributed by atoms with Crippen molar-refractivity contribution in [2.75, 3.05) is 13.1 Å². The predicted octanol–water partition coefficient (Wildman–Crippen LogP) is 2.02. The fourth-order valence-corrected chi connectivity index (χ4v) is 2.32. The van der Waals surface area contributed by atoms with Gasteiger partial charge >= 0.3 is 0 Å². The van der Waals surface area contributed by atoms with E-state index in [1.807, 2.05) is 0 Å². The summed E-state index contributed by atoms with van der Waals surface area (Å²) in [5, 5.41) is 3.52. The molecule has 1 saturated heterocycles. The van der Waals surface area contributed by atoms with Crippen LogP contribution in [0.2, 0.25) is 0 Å². The molecule has 16 heavy (non-hydrogen) atoms. The third kappa shape index (κ3) is 3.21. The van der Waals surface area contributed by atoms with Crippen LogP contribution in [0, 0.1) is 5.92 Å². The van der Waals surface area contributed by atoms with Crippen molar-refractivity contribution in [2.24, 2.45) is 5.92 Å². The Labute approximate surface area is 99.6 Å². The first-order valence-electron chi connectivity index (χ1n) is 6.42. The molecule has 0 radical (unpaired) electrons. The highest BCUT2D eigenvalue weighted by molar-refractivity contribution is 5.76. The second kappa shape index (κ2) is 5.17. The zero-order valence-electron chi connectivity index (χ0n) is 11.3. The molecule has 1 aliphatic heterocycles. The molecule has 0 aromatic rings. The van der Waals surface area contributed by atoms with Gasteiger partial charge in [-0.25, -0.2) is 0 Å². The molecular weight excluding hydrogens is 200 g/mol. The molecule has 0 aromatic heterocycles. The van der Waals surface area contributed by atoms with E-state index in [2.05, 4.69) is 44.8 Å². The van der Waals surface area contributed by atoms with Gasteiger partial charge in [-0.05, 0) is 26.2 Å². The maximum atomic E-state index is 12.1. The van der Waals surface area contributed by atoms with Crippen LogP contribution >= 0.6 is 0 Å². The van der Waals surface area contributed by atoms with Crippen LogP contribution in [0.25, 0.3) is 0 Å². The Morgan fingerprint density at radius 1 is 1.50 bits per heavy atom. The molecule has 1 heterocycles. The van der Waals surface area contributed by atoms with Crippen LogP contribution in [0.4, 0.5) is 0 Å². The van der Waals surface area contributed by atoms with Crippen LogP contribution in [-0.4, -0.2) is 35.5 Å². The van der Waals surface area contributed by atoms with Crippen LogP contribution in [0.1, 0.15) is 47.5 Å². The summed E-state index contributed by atoms with van der Waals surface area (Å²) >= 11 is 0. The molecule has 0 aliphatic carbocycles. The van der Waals surface area contributed by atoms with Crippen LogP contribution in [0.5, 0.6) is 0 Å². The quantitative estimate of drug-likeness (QED) is 0.798. The van der Waals surface area contributed by atoms with E-state index in [9.17, 15) is 4.79 Å². The van der Waals surface area contributed by atoms with Crippen LogP contribution in [-0.2, 0) is 4.79 Å². The highest BCUT2D eigenvalue weighted by Crippen LogP contribution is 2.21. The van der Waals surface area contributed by atoms with Crippen LogP contribution in [0.15, 0.2) is 0 Å². The summed E-state index contributed by atoms with van der Waals surface area (Å²) in [6.45, 7) is 12.5. The summed E-state index contributed by atoms with van der Waals surface area (Å²) in [4.78, 5) is 14.2. The first kappa shape index (κ1) is 13.5. The van der Waals surface area contributed by atoms with Gasteiger partial charge in [0.1, 0.15) is 0 Å². The Kier molecular flexibility index (Phi) is 4.36. The fraction of sp³-hybridized carbons (Fsp3) is 0.923. The highest BCUT2D eigenvalue weighted by Gasteiger charge is 2.35. The third-order valence-corrected chi connectivity index (χ3v) is 3.31. The monoisotopic (exact) mass is 226 g/mol. The van der Waals surface area contributed by atoms with Crippen LogP contribution in [0.3, 0.4) is 0 Å². The number of nitrogens with one attached hydrogen (secondary N) is 1. The number of rotatable bonds is 3. The third-order valence-electron chi connectivity index (χ3n) is 3.31. The van der Waals surface area contributed by atoms with E-state index in [0.29, 0.717) is 24.3 Å². The van der Waals surface area contributed by atoms with Crippen molar-refractivity contribution in [3.8, 4) is 0 Å². The van der Waals surface area contributed by atoms with Crippen molar-refractivity contribution in [1.82, 2.24) is 10.2 Å². The largest absolute Gasteiger partial charge is 0.336 e. The minimum atomic E-state index is 0.0504. The number of hydrogen-bond donors (Lipinski definition) is 1. The van der Waals surface area contributed by atoms with Gasteiger partial charge in [0.2, 0.25) is 5.91 Å². The van der Waals surface area contributed by atoms with Crippen molar-refractivity contribution in [1.29, 1.82) is 0 Å². The lowest BCUT2D eigenvalue weighted by atomic mass is 9.92. The van der Waals surface area contributed by atoms with Gasteiger partial charge in [0.05, 0.1) is 0 Å². The van der Waals surface area contributed by atoms with Crippen molar-refractivity contribution in [3.63, 3.8) is 0 Å². The van der Waals surface area contributed by atoms with Gasteiger partial charge in [-0.15, -0.1) is 0 Å². The van der Waals surface area contributed by atoms with Gasteiger partial charge in [-0.1, -0.05) is 20.8 Å². The summed E-state index contributed by atoms with van der Waals surface area (Å²) in [5.74, 6) is 0.834. The molecule has 1 amide bonds. The average molecular weight is 226 g/mol. The highest BCUT2D eigenvalue weighted by atomic mass is 16.2. The van der Waals surface area contributed by atoms with E-state index in [4.69, 9.17) is 0 Å². The SMILES string of the molecule is CCCC(=O)N1CC(C)(C)NCC1C(C)C. The van der Waals surface area contributed by atoms with Gasteiger partial charge in [0, 0.05) is 31.1 Å². The second-order valence-corrected chi connectivity index (χ2v) is 5.85. The topological polar surface area (TPSA) is 32.3 Å². The van der Waals surface area contributed by atoms with E-state index in [1.54, 1.807) is 0 Å². The molecular formula is C13H26N2O. The Bertz CT molecular complexity index is 248. The van der Waals surface area contributed by atoms with E-state index in [0.717, 1.165) is 19.5 Å². The van der Waals surface area contributed by atoms with Crippen molar-refractivity contribution >= 4 is 5.91 Å². The normalized spacial score (nSPS) is 24.9. The lowest BCUT2D eigenvalue weighted by molar-refractivity contribution is -0.137. The maximum Gasteiger partial charge on any atom is 0.222 e. The average Bonchev–Trinajstić information content (AvgIpc) is 2.16. The summed E-state index contributed by atoms with van der Waals surface area (Å²) in [5.41, 5.74) is 0.0504. The Morgan fingerprint density at radius 2 is 2.12 bits per heavy atom. The number of piperazine rings is 1. The number of carbonyl (C=O) groups is 1. The Balaban J connectivity index is 2.75. The van der Waals surface area contributed by atoms with E-state index in [-0.39, 0.29) is 5.54 Å². The van der Waals surface area contributed by atoms with E-state index in [1.165, 1.54) is 0 Å². The number of amides is 1. The molecule has 3 heteroatoms. The molecule has 0 spiro atoms. The summed E-state index contributed by atoms with van der Waals surface area (Å²) in [6, 6.07) is 0.354. The molecule has 1 N–H and O–H groups in total. The fourth-order valence-electron chi connectivity index (χ4n) is 2.32. The first-order valence-corrected chi connectivity index (χ1v) is 6.42. The lowest BCUT2D eigenvalue weighted by Crippen LogP contribution is -2.64. The second-order valence-electron chi connectivity index (χ2n) is 5.85. The number of hydrogen-bond acceptors (Lipinski definition) is 2. The molecule has 1 rings (SSSR count). The van der Waals surface area contributed by atoms with Gasteiger partial charge in [0.25, 0.3) is 0 Å². The van der Waals surface area contributed by atoms with Crippen molar-refractivity contribution in [2.45, 2.75) is 59.0 Å². The minimum absolute atomic E-state index is 0.0504. The lowest BCUT2D eigenvalue weighted by Gasteiger charge is -2.46. The van der Waals surface area contributed by atoms with Crippen molar-refractivity contribution < 1.29 is 4.79 Å².